The van der Waals surface area contributed by atoms with E-state index in [1.165, 1.54) is 30.3 Å². The molecule has 8 nitrogen and oxygen atoms in total. The molecule has 0 bridgehead atoms. The smallest absolute Gasteiger partial charge is 0.308 e. The Hall–Kier alpha value is -3.20. The van der Waals surface area contributed by atoms with Gasteiger partial charge in [-0.25, -0.2) is 12.4 Å². The second kappa shape index (κ2) is 6.02. The molecule has 0 saturated carbocycles. The summed E-state index contributed by atoms with van der Waals surface area (Å²) in [6.45, 7) is 1.16. The van der Waals surface area contributed by atoms with E-state index in [1.54, 1.807) is 18.2 Å². The first-order valence-electron chi connectivity index (χ1n) is 7.10. The molecule has 128 valence electrons. The van der Waals surface area contributed by atoms with Gasteiger partial charge in [0.05, 0.1) is 21.5 Å². The molecule has 0 N–H and O–H groups in total. The number of hydrogen-bond acceptors (Lipinski definition) is 6. The molecular formula is C16H12N2O6S. The predicted molar refractivity (Wildman–Crippen MR) is 88.9 cm³/mol. The first-order chi connectivity index (χ1) is 11.8. The third-order valence-corrected chi connectivity index (χ3v) is 5.18. The molecular weight excluding hydrogens is 348 g/mol. The Balaban J connectivity index is 2.35. The monoisotopic (exact) mass is 360 g/mol. The van der Waals surface area contributed by atoms with Crippen molar-refractivity contribution in [2.24, 2.45) is 0 Å². The normalized spacial score (nSPS) is 11.4. The van der Waals surface area contributed by atoms with Gasteiger partial charge < -0.3 is 4.74 Å². The fourth-order valence-electron chi connectivity index (χ4n) is 2.49. The molecule has 9 heteroatoms. The van der Waals surface area contributed by atoms with E-state index in [2.05, 4.69) is 0 Å². The maximum atomic E-state index is 12.8. The predicted octanol–water partition coefficient (Wildman–Crippen LogP) is 2.71. The van der Waals surface area contributed by atoms with Gasteiger partial charge in [-0.3, -0.25) is 14.9 Å². The van der Waals surface area contributed by atoms with Crippen LogP contribution >= 0.6 is 0 Å². The summed E-state index contributed by atoms with van der Waals surface area (Å²) in [5, 5.41) is 11.3. The fraction of sp³-hybridized carbons (Fsp3) is 0.0625. The Morgan fingerprint density at radius 3 is 2.40 bits per heavy atom. The molecule has 0 aliphatic rings. The van der Waals surface area contributed by atoms with Gasteiger partial charge in [-0.2, -0.15) is 0 Å². The Labute approximate surface area is 142 Å². The molecule has 0 atom stereocenters. The zero-order chi connectivity index (χ0) is 18.2. The number of carbonyl (C=O) groups excluding carboxylic acids is 1. The van der Waals surface area contributed by atoms with Crippen LogP contribution in [0, 0.1) is 10.1 Å². The molecule has 0 aliphatic carbocycles. The third-order valence-electron chi connectivity index (χ3n) is 3.49. The average Bonchev–Trinajstić information content (AvgIpc) is 2.97. The minimum absolute atomic E-state index is 0.0142. The van der Waals surface area contributed by atoms with E-state index in [4.69, 9.17) is 4.74 Å². The lowest BCUT2D eigenvalue weighted by Crippen LogP contribution is -2.11. The van der Waals surface area contributed by atoms with Gasteiger partial charge in [0.1, 0.15) is 11.1 Å². The van der Waals surface area contributed by atoms with E-state index in [0.717, 1.165) is 17.1 Å². The lowest BCUT2D eigenvalue weighted by molar-refractivity contribution is -0.383. The van der Waals surface area contributed by atoms with E-state index >= 15 is 0 Å². The van der Waals surface area contributed by atoms with Crippen molar-refractivity contribution >= 4 is 32.6 Å². The molecule has 0 amide bonds. The van der Waals surface area contributed by atoms with Crippen LogP contribution in [0.3, 0.4) is 0 Å². The molecule has 0 unspecified atom stereocenters. The van der Waals surface area contributed by atoms with Crippen molar-refractivity contribution in [1.29, 1.82) is 0 Å². The molecule has 2 aromatic carbocycles. The lowest BCUT2D eigenvalue weighted by Gasteiger charge is -2.07. The fourth-order valence-corrected chi connectivity index (χ4v) is 3.87. The molecule has 0 saturated heterocycles. The molecule has 25 heavy (non-hydrogen) atoms. The number of fused-ring (bicyclic) bond motifs is 1. The molecule has 0 aliphatic heterocycles. The van der Waals surface area contributed by atoms with E-state index < -0.39 is 26.6 Å². The highest BCUT2D eigenvalue weighted by Crippen LogP contribution is 2.37. The highest BCUT2D eigenvalue weighted by molar-refractivity contribution is 7.90. The topological polar surface area (TPSA) is 109 Å². The van der Waals surface area contributed by atoms with Crippen LogP contribution in [0.4, 0.5) is 5.69 Å². The number of aromatic nitrogens is 1. The van der Waals surface area contributed by atoms with Gasteiger partial charge >= 0.3 is 5.97 Å². The third kappa shape index (κ3) is 2.85. The van der Waals surface area contributed by atoms with Crippen LogP contribution in [-0.2, 0) is 14.8 Å². The van der Waals surface area contributed by atoms with Crippen LogP contribution in [0.25, 0.3) is 10.9 Å². The highest BCUT2D eigenvalue weighted by Gasteiger charge is 2.28. The van der Waals surface area contributed by atoms with Crippen molar-refractivity contribution in [3.05, 3.63) is 64.8 Å². The first-order valence-corrected chi connectivity index (χ1v) is 8.54. The van der Waals surface area contributed by atoms with Crippen molar-refractivity contribution in [2.75, 3.05) is 0 Å². The minimum atomic E-state index is -4.05. The summed E-state index contributed by atoms with van der Waals surface area (Å²) in [4.78, 5) is 21.9. The van der Waals surface area contributed by atoms with Crippen LogP contribution < -0.4 is 4.74 Å². The maximum Gasteiger partial charge on any atom is 0.308 e. The Morgan fingerprint density at radius 2 is 1.80 bits per heavy atom. The average molecular weight is 360 g/mol. The van der Waals surface area contributed by atoms with Crippen molar-refractivity contribution in [1.82, 2.24) is 3.97 Å². The molecule has 3 rings (SSSR count). The highest BCUT2D eigenvalue weighted by atomic mass is 32.2. The molecule has 1 aromatic heterocycles. The summed E-state index contributed by atoms with van der Waals surface area (Å²) < 4.78 is 31.5. The summed E-state index contributed by atoms with van der Waals surface area (Å²) in [7, 11) is -4.05. The van der Waals surface area contributed by atoms with Crippen molar-refractivity contribution in [3.8, 4) is 5.75 Å². The van der Waals surface area contributed by atoms with Crippen molar-refractivity contribution < 1.29 is 22.9 Å². The van der Waals surface area contributed by atoms with Crippen molar-refractivity contribution in [2.45, 2.75) is 11.8 Å². The van der Waals surface area contributed by atoms with Crippen LogP contribution in [-0.4, -0.2) is 23.3 Å². The van der Waals surface area contributed by atoms with Gasteiger partial charge in [0.2, 0.25) is 0 Å². The zero-order valence-corrected chi connectivity index (χ0v) is 13.8. The van der Waals surface area contributed by atoms with Crippen LogP contribution in [0.5, 0.6) is 5.75 Å². The second-order valence-electron chi connectivity index (χ2n) is 5.13. The van der Waals surface area contributed by atoms with E-state index in [0.29, 0.717) is 0 Å². The molecule has 0 spiro atoms. The number of hydrogen-bond donors (Lipinski definition) is 0. The van der Waals surface area contributed by atoms with Gasteiger partial charge in [0.15, 0.2) is 0 Å². The zero-order valence-electron chi connectivity index (χ0n) is 12.9. The van der Waals surface area contributed by atoms with E-state index in [-0.39, 0.29) is 21.5 Å². The number of carbonyl (C=O) groups is 1. The second-order valence-corrected chi connectivity index (χ2v) is 6.94. The standard InChI is InChI=1S/C16H12N2O6S/c1-11(19)24-15-9-5-8-13-16(15)14(18(20)21)10-17(13)25(22,23)12-6-3-2-4-7-12/h2-10H,1H3. The van der Waals surface area contributed by atoms with Gasteiger partial charge in [-0.05, 0) is 24.3 Å². The van der Waals surface area contributed by atoms with Gasteiger partial charge in [0, 0.05) is 6.92 Å². The molecule has 0 fully saturated rings. The Bertz CT molecular complexity index is 1090. The Kier molecular flexibility index (Phi) is 4.01. The van der Waals surface area contributed by atoms with E-state index in [9.17, 15) is 23.3 Å². The number of rotatable bonds is 4. The number of nitro groups is 1. The van der Waals surface area contributed by atoms with Gasteiger partial charge in [-0.15, -0.1) is 0 Å². The van der Waals surface area contributed by atoms with Crippen LogP contribution in [0.2, 0.25) is 0 Å². The minimum Gasteiger partial charge on any atom is -0.426 e. The molecule has 1 heterocycles. The van der Waals surface area contributed by atoms with Crippen LogP contribution in [0.1, 0.15) is 6.92 Å². The SMILES string of the molecule is CC(=O)Oc1cccc2c1c([N+](=O)[O-])cn2S(=O)(=O)c1ccccc1. The summed E-state index contributed by atoms with van der Waals surface area (Å²) in [5.74, 6) is -0.737. The first kappa shape index (κ1) is 16.7. The summed E-state index contributed by atoms with van der Waals surface area (Å²) in [5.41, 5.74) is -0.416. The quantitative estimate of drug-likeness (QED) is 0.306. The Morgan fingerprint density at radius 1 is 1.12 bits per heavy atom. The number of benzene rings is 2. The maximum absolute atomic E-state index is 12.8. The summed E-state index contributed by atoms with van der Waals surface area (Å²) in [6.07, 6.45) is 0.917. The molecule has 0 radical (unpaired) electrons. The van der Waals surface area contributed by atoms with Crippen LogP contribution in [0.15, 0.2) is 59.6 Å². The number of nitrogens with zero attached hydrogens (tertiary/aromatic N) is 2. The van der Waals surface area contributed by atoms with Gasteiger partial charge in [0.25, 0.3) is 15.7 Å². The van der Waals surface area contributed by atoms with E-state index in [1.807, 2.05) is 0 Å². The van der Waals surface area contributed by atoms with Gasteiger partial charge in [-0.1, -0.05) is 24.3 Å². The summed E-state index contributed by atoms with van der Waals surface area (Å²) in [6, 6.07) is 11.8. The van der Waals surface area contributed by atoms with Crippen molar-refractivity contribution in [3.63, 3.8) is 0 Å². The number of ether oxygens (including phenoxy) is 1. The molecule has 3 aromatic rings. The lowest BCUT2D eigenvalue weighted by atomic mass is 10.2. The summed E-state index contributed by atoms with van der Waals surface area (Å²) >= 11 is 0. The number of esters is 1. The largest absolute Gasteiger partial charge is 0.426 e.